The number of benzene rings is 1. The molecule has 0 amide bonds. The minimum Gasteiger partial charge on any atom is -0.454 e. The number of halogens is 1. The molecule has 9 heteroatoms. The Bertz CT molecular complexity index is 743. The number of fused-ring (bicyclic) bond motifs is 1. The number of nitrogen functional groups attached to an aromatic ring is 1. The van der Waals surface area contributed by atoms with Crippen LogP contribution in [-0.2, 0) is 6.54 Å². The van der Waals surface area contributed by atoms with Crippen molar-refractivity contribution in [2.75, 3.05) is 12.5 Å². The van der Waals surface area contributed by atoms with Gasteiger partial charge in [0.05, 0.1) is 16.5 Å². The summed E-state index contributed by atoms with van der Waals surface area (Å²) in [6.45, 7) is 1.90. The quantitative estimate of drug-likeness (QED) is 0.687. The molecule has 1 aliphatic rings. The van der Waals surface area contributed by atoms with Crippen LogP contribution < -0.4 is 15.2 Å². The summed E-state index contributed by atoms with van der Waals surface area (Å²) in [6, 6.07) is 3.44. The van der Waals surface area contributed by atoms with E-state index in [0.717, 1.165) is 5.56 Å². The molecular formula is C12H11ClN4O4. The van der Waals surface area contributed by atoms with E-state index in [9.17, 15) is 10.1 Å². The summed E-state index contributed by atoms with van der Waals surface area (Å²) >= 11 is 6.09. The van der Waals surface area contributed by atoms with Crippen LogP contribution in [-0.4, -0.2) is 21.5 Å². The molecular weight excluding hydrogens is 300 g/mol. The fraction of sp³-hybridized carbons (Fsp3) is 0.250. The van der Waals surface area contributed by atoms with E-state index >= 15 is 0 Å². The monoisotopic (exact) mass is 310 g/mol. The molecule has 1 aromatic carbocycles. The molecule has 2 aromatic rings. The van der Waals surface area contributed by atoms with E-state index in [1.165, 1.54) is 11.6 Å². The Labute approximate surface area is 124 Å². The first-order valence-corrected chi connectivity index (χ1v) is 6.40. The van der Waals surface area contributed by atoms with Gasteiger partial charge in [-0.1, -0.05) is 11.6 Å². The van der Waals surface area contributed by atoms with E-state index in [-0.39, 0.29) is 30.5 Å². The number of anilines is 1. The first-order valence-electron chi connectivity index (χ1n) is 6.02. The van der Waals surface area contributed by atoms with Crippen LogP contribution in [0.25, 0.3) is 0 Å². The van der Waals surface area contributed by atoms with Gasteiger partial charge in [-0.15, -0.1) is 0 Å². The van der Waals surface area contributed by atoms with Crippen molar-refractivity contribution in [3.8, 4) is 11.5 Å². The Kier molecular flexibility index (Phi) is 3.09. The SMILES string of the molecule is Cc1nn(Cc2cc(Cl)c3c(c2)OCO3)c(N)c1[N+](=O)[O-]. The van der Waals surface area contributed by atoms with E-state index in [4.69, 9.17) is 26.8 Å². The van der Waals surface area contributed by atoms with Crippen molar-refractivity contribution >= 4 is 23.1 Å². The molecule has 1 aliphatic heterocycles. The fourth-order valence-corrected chi connectivity index (χ4v) is 2.51. The van der Waals surface area contributed by atoms with Crippen molar-refractivity contribution in [1.82, 2.24) is 9.78 Å². The molecule has 0 spiro atoms. The van der Waals surface area contributed by atoms with Crippen LogP contribution in [0.5, 0.6) is 11.5 Å². The second-order valence-electron chi connectivity index (χ2n) is 4.55. The summed E-state index contributed by atoms with van der Waals surface area (Å²) in [7, 11) is 0. The first-order chi connectivity index (χ1) is 9.97. The van der Waals surface area contributed by atoms with Crippen molar-refractivity contribution in [2.45, 2.75) is 13.5 Å². The largest absolute Gasteiger partial charge is 0.454 e. The Hall–Kier alpha value is -2.48. The predicted octanol–water partition coefficient (Wildman–Crippen LogP) is 2.11. The van der Waals surface area contributed by atoms with Crippen LogP contribution >= 0.6 is 11.6 Å². The lowest BCUT2D eigenvalue weighted by Gasteiger charge is -2.06. The number of aromatic nitrogens is 2. The summed E-state index contributed by atoms with van der Waals surface area (Å²) in [5, 5.41) is 15.4. The summed E-state index contributed by atoms with van der Waals surface area (Å²) in [6.07, 6.45) is 0. The summed E-state index contributed by atoms with van der Waals surface area (Å²) in [5.41, 5.74) is 6.62. The number of nitro groups is 1. The Morgan fingerprint density at radius 3 is 2.95 bits per heavy atom. The van der Waals surface area contributed by atoms with E-state index in [0.29, 0.717) is 16.5 Å². The van der Waals surface area contributed by atoms with Crippen molar-refractivity contribution < 1.29 is 14.4 Å². The van der Waals surface area contributed by atoms with Gasteiger partial charge in [0, 0.05) is 0 Å². The van der Waals surface area contributed by atoms with Crippen LogP contribution in [0.1, 0.15) is 11.3 Å². The number of rotatable bonds is 3. The van der Waals surface area contributed by atoms with Gasteiger partial charge in [0.25, 0.3) is 0 Å². The average molecular weight is 311 g/mol. The molecule has 0 radical (unpaired) electrons. The van der Waals surface area contributed by atoms with Crippen molar-refractivity contribution in [2.24, 2.45) is 0 Å². The number of aryl methyl sites for hydroxylation is 1. The zero-order valence-electron chi connectivity index (χ0n) is 11.0. The lowest BCUT2D eigenvalue weighted by atomic mass is 10.2. The van der Waals surface area contributed by atoms with E-state index in [1.54, 1.807) is 12.1 Å². The van der Waals surface area contributed by atoms with Crippen LogP contribution in [0.2, 0.25) is 5.02 Å². The number of hydrogen-bond donors (Lipinski definition) is 1. The maximum atomic E-state index is 10.9. The van der Waals surface area contributed by atoms with Gasteiger partial charge in [-0.2, -0.15) is 5.10 Å². The van der Waals surface area contributed by atoms with Crippen LogP contribution in [0, 0.1) is 17.0 Å². The lowest BCUT2D eigenvalue weighted by molar-refractivity contribution is -0.384. The van der Waals surface area contributed by atoms with Crippen molar-refractivity contribution in [1.29, 1.82) is 0 Å². The van der Waals surface area contributed by atoms with E-state index in [2.05, 4.69) is 5.10 Å². The Balaban J connectivity index is 1.96. The molecule has 0 unspecified atom stereocenters. The Morgan fingerprint density at radius 2 is 2.29 bits per heavy atom. The molecule has 0 saturated heterocycles. The van der Waals surface area contributed by atoms with E-state index in [1.807, 2.05) is 0 Å². The highest BCUT2D eigenvalue weighted by Gasteiger charge is 2.24. The minimum atomic E-state index is -0.541. The molecule has 0 fully saturated rings. The molecule has 21 heavy (non-hydrogen) atoms. The molecule has 1 aromatic heterocycles. The maximum absolute atomic E-state index is 10.9. The molecule has 2 heterocycles. The third kappa shape index (κ3) is 2.23. The molecule has 0 bridgehead atoms. The zero-order chi connectivity index (χ0) is 15.1. The number of ether oxygens (including phenoxy) is 2. The van der Waals surface area contributed by atoms with Gasteiger partial charge >= 0.3 is 5.69 Å². The van der Waals surface area contributed by atoms with Crippen molar-refractivity contribution in [3.05, 3.63) is 38.5 Å². The normalized spacial score (nSPS) is 12.7. The maximum Gasteiger partial charge on any atom is 0.333 e. The number of nitrogens with two attached hydrogens (primary N) is 1. The highest BCUT2D eigenvalue weighted by atomic mass is 35.5. The van der Waals surface area contributed by atoms with E-state index < -0.39 is 4.92 Å². The Morgan fingerprint density at radius 1 is 1.52 bits per heavy atom. The summed E-state index contributed by atoms with van der Waals surface area (Å²) < 4.78 is 11.9. The highest BCUT2D eigenvalue weighted by Crippen LogP contribution is 2.40. The second-order valence-corrected chi connectivity index (χ2v) is 4.95. The summed E-state index contributed by atoms with van der Waals surface area (Å²) in [4.78, 5) is 10.4. The second kappa shape index (κ2) is 4.81. The van der Waals surface area contributed by atoms with Crippen LogP contribution in [0.15, 0.2) is 12.1 Å². The number of nitrogens with zero attached hydrogens (tertiary/aromatic N) is 3. The zero-order valence-corrected chi connectivity index (χ0v) is 11.8. The van der Waals surface area contributed by atoms with Crippen LogP contribution in [0.3, 0.4) is 0 Å². The molecule has 0 saturated carbocycles. The van der Waals surface area contributed by atoms with Gasteiger partial charge in [0.2, 0.25) is 12.6 Å². The number of hydrogen-bond acceptors (Lipinski definition) is 6. The molecule has 8 nitrogen and oxygen atoms in total. The first kappa shape index (κ1) is 13.5. The molecule has 110 valence electrons. The topological polar surface area (TPSA) is 105 Å². The minimum absolute atomic E-state index is 0.00582. The average Bonchev–Trinajstić information content (AvgIpc) is 2.95. The molecule has 3 rings (SSSR count). The molecule has 0 atom stereocenters. The lowest BCUT2D eigenvalue weighted by Crippen LogP contribution is -2.06. The third-order valence-electron chi connectivity index (χ3n) is 3.14. The van der Waals surface area contributed by atoms with Crippen LogP contribution in [0.4, 0.5) is 11.5 Å². The van der Waals surface area contributed by atoms with Gasteiger partial charge < -0.3 is 15.2 Å². The summed E-state index contributed by atoms with van der Waals surface area (Å²) in [5.74, 6) is 1.04. The van der Waals surface area contributed by atoms with Gasteiger partial charge in [-0.25, -0.2) is 4.68 Å². The van der Waals surface area contributed by atoms with Gasteiger partial charge in [0.1, 0.15) is 5.69 Å². The predicted molar refractivity (Wildman–Crippen MR) is 74.7 cm³/mol. The highest BCUT2D eigenvalue weighted by molar-refractivity contribution is 6.32. The third-order valence-corrected chi connectivity index (χ3v) is 3.42. The molecule has 0 aliphatic carbocycles. The van der Waals surface area contributed by atoms with Gasteiger partial charge in [-0.05, 0) is 24.6 Å². The molecule has 2 N–H and O–H groups in total. The van der Waals surface area contributed by atoms with Gasteiger partial charge in [0.15, 0.2) is 11.5 Å². The smallest absolute Gasteiger partial charge is 0.333 e. The fourth-order valence-electron chi connectivity index (χ4n) is 2.22. The van der Waals surface area contributed by atoms with Gasteiger partial charge in [-0.3, -0.25) is 10.1 Å². The van der Waals surface area contributed by atoms with Crippen molar-refractivity contribution in [3.63, 3.8) is 0 Å². The standard InChI is InChI=1S/C12H11ClN4O4/c1-6-10(17(18)19)12(14)16(15-6)4-7-2-8(13)11-9(3-7)20-5-21-11/h2-3H,4-5,14H2,1H3.